The molecule has 5 rings (SSSR count). The molecule has 180 valence electrons. The first kappa shape index (κ1) is 23.4. The number of carbonyl (C=O) groups excluding carboxylic acids is 4. The Bertz CT molecular complexity index is 1550. The molecule has 36 heavy (non-hydrogen) atoms. The number of amides is 2. The predicted octanol–water partition coefficient (Wildman–Crippen LogP) is 4.70. The summed E-state index contributed by atoms with van der Waals surface area (Å²) in [7, 11) is 0. The van der Waals surface area contributed by atoms with Gasteiger partial charge in [-0.25, -0.2) is 14.7 Å². The summed E-state index contributed by atoms with van der Waals surface area (Å²) in [5, 5.41) is 2.60. The van der Waals surface area contributed by atoms with Gasteiger partial charge in [0.05, 0.1) is 22.4 Å². The molecule has 0 radical (unpaired) electrons. The van der Waals surface area contributed by atoms with Crippen LogP contribution >= 0.6 is 11.3 Å². The molecule has 0 N–H and O–H groups in total. The average molecular weight is 500 g/mol. The molecule has 9 heteroatoms. The van der Waals surface area contributed by atoms with E-state index in [1.165, 1.54) is 29.5 Å². The Morgan fingerprint density at radius 2 is 1.72 bits per heavy atom. The first-order valence-electron chi connectivity index (χ1n) is 11.2. The number of ether oxygens (including phenoxy) is 1. The van der Waals surface area contributed by atoms with Crippen molar-refractivity contribution >= 4 is 40.6 Å². The predicted molar refractivity (Wildman–Crippen MR) is 134 cm³/mol. The van der Waals surface area contributed by atoms with E-state index in [0.29, 0.717) is 16.9 Å². The minimum Gasteiger partial charge on any atom is -0.454 e. The number of para-hydroxylation sites is 1. The fourth-order valence-electron chi connectivity index (χ4n) is 4.36. The number of thiazole rings is 1. The van der Waals surface area contributed by atoms with Crippen LogP contribution in [-0.4, -0.2) is 39.7 Å². The maximum absolute atomic E-state index is 13.0. The second-order valence-corrected chi connectivity index (χ2v) is 9.30. The minimum absolute atomic E-state index is 0.0857. The molecule has 2 aromatic carbocycles. The Kier molecular flexibility index (Phi) is 5.85. The molecular weight excluding hydrogens is 478 g/mol. The van der Waals surface area contributed by atoms with Gasteiger partial charge in [-0.15, -0.1) is 11.3 Å². The van der Waals surface area contributed by atoms with E-state index in [0.717, 1.165) is 21.3 Å². The number of esters is 1. The monoisotopic (exact) mass is 499 g/mol. The van der Waals surface area contributed by atoms with Crippen molar-refractivity contribution in [2.24, 2.45) is 0 Å². The number of Topliss-reactive ketones (excluding diaryl/α,β-unsaturated/α-hetero) is 1. The summed E-state index contributed by atoms with van der Waals surface area (Å²) < 4.78 is 7.15. The standard InChI is InChI=1S/C27H21N3O5S/c1-15-6-4-5-7-22(15)30-24(32)19-9-8-18(13-21(19)25(30)33)26(34)35-14-23(31)20-12-16(2)29(17(20)3)27-28-10-11-36-27/h4-13H,14H2,1-3H3. The Morgan fingerprint density at radius 1 is 0.972 bits per heavy atom. The number of hydrogen-bond donors (Lipinski definition) is 0. The number of nitrogens with zero attached hydrogens (tertiary/aromatic N) is 3. The van der Waals surface area contributed by atoms with E-state index in [4.69, 9.17) is 4.74 Å². The van der Waals surface area contributed by atoms with Gasteiger partial charge in [0.15, 0.2) is 11.7 Å². The molecule has 3 heterocycles. The molecule has 0 fully saturated rings. The lowest BCUT2D eigenvalue weighted by Crippen LogP contribution is -2.29. The first-order chi connectivity index (χ1) is 17.3. The van der Waals surface area contributed by atoms with Crippen LogP contribution in [0.2, 0.25) is 0 Å². The van der Waals surface area contributed by atoms with E-state index in [-0.39, 0.29) is 22.5 Å². The molecular formula is C27H21N3O5S. The fraction of sp³-hybridized carbons (Fsp3) is 0.148. The Labute approximate surface area is 210 Å². The smallest absolute Gasteiger partial charge is 0.338 e. The highest BCUT2D eigenvalue weighted by molar-refractivity contribution is 7.12. The maximum Gasteiger partial charge on any atom is 0.338 e. The highest BCUT2D eigenvalue weighted by Gasteiger charge is 2.37. The van der Waals surface area contributed by atoms with Gasteiger partial charge in [0.2, 0.25) is 5.78 Å². The van der Waals surface area contributed by atoms with Crippen molar-refractivity contribution in [2.75, 3.05) is 11.5 Å². The largest absolute Gasteiger partial charge is 0.454 e. The first-order valence-corrected chi connectivity index (χ1v) is 12.0. The van der Waals surface area contributed by atoms with Crippen LogP contribution in [0.15, 0.2) is 60.1 Å². The van der Waals surface area contributed by atoms with Crippen molar-refractivity contribution < 1.29 is 23.9 Å². The molecule has 0 unspecified atom stereocenters. The van der Waals surface area contributed by atoms with Crippen LogP contribution in [0, 0.1) is 20.8 Å². The Balaban J connectivity index is 1.32. The summed E-state index contributed by atoms with van der Waals surface area (Å²) in [6.45, 7) is 5.04. The number of carbonyl (C=O) groups is 4. The third-order valence-electron chi connectivity index (χ3n) is 6.16. The molecule has 4 aromatic rings. The number of aromatic nitrogens is 2. The van der Waals surface area contributed by atoms with Crippen molar-refractivity contribution in [2.45, 2.75) is 20.8 Å². The Morgan fingerprint density at radius 3 is 2.44 bits per heavy atom. The fourth-order valence-corrected chi connectivity index (χ4v) is 5.11. The molecule has 2 amide bonds. The number of ketones is 1. The molecule has 2 aromatic heterocycles. The molecule has 8 nitrogen and oxygen atoms in total. The van der Waals surface area contributed by atoms with Crippen LogP contribution < -0.4 is 4.90 Å². The summed E-state index contributed by atoms with van der Waals surface area (Å²) in [5.74, 6) is -2.06. The topological polar surface area (TPSA) is 98.6 Å². The van der Waals surface area contributed by atoms with Crippen LogP contribution in [0.3, 0.4) is 0 Å². The van der Waals surface area contributed by atoms with Gasteiger partial charge in [-0.2, -0.15) is 0 Å². The van der Waals surface area contributed by atoms with Gasteiger partial charge in [-0.05, 0) is 56.7 Å². The number of benzene rings is 2. The lowest BCUT2D eigenvalue weighted by molar-refractivity contribution is 0.0474. The zero-order valence-corrected chi connectivity index (χ0v) is 20.6. The summed E-state index contributed by atoms with van der Waals surface area (Å²) in [6.07, 6.45) is 1.69. The van der Waals surface area contributed by atoms with Crippen LogP contribution in [0.25, 0.3) is 5.13 Å². The van der Waals surface area contributed by atoms with Crippen molar-refractivity contribution in [1.29, 1.82) is 0 Å². The SMILES string of the molecule is Cc1ccccc1N1C(=O)c2ccc(C(=O)OCC(=O)c3cc(C)n(-c4nccs4)c3C)cc2C1=O. The number of fused-ring (bicyclic) bond motifs is 1. The van der Waals surface area contributed by atoms with Crippen molar-refractivity contribution in [1.82, 2.24) is 9.55 Å². The van der Waals surface area contributed by atoms with E-state index < -0.39 is 24.4 Å². The lowest BCUT2D eigenvalue weighted by atomic mass is 10.1. The molecule has 0 spiro atoms. The average Bonchev–Trinajstić information content (AvgIpc) is 3.55. The zero-order valence-electron chi connectivity index (χ0n) is 19.8. The van der Waals surface area contributed by atoms with Crippen LogP contribution in [0.4, 0.5) is 5.69 Å². The number of rotatable bonds is 6. The third kappa shape index (κ3) is 3.83. The molecule has 0 bridgehead atoms. The van der Waals surface area contributed by atoms with Gasteiger partial charge >= 0.3 is 5.97 Å². The number of anilines is 1. The second-order valence-electron chi connectivity index (χ2n) is 8.43. The van der Waals surface area contributed by atoms with Crippen molar-refractivity contribution in [3.8, 4) is 5.13 Å². The maximum atomic E-state index is 13.0. The van der Waals surface area contributed by atoms with Crippen molar-refractivity contribution in [3.63, 3.8) is 0 Å². The van der Waals surface area contributed by atoms with Gasteiger partial charge in [0, 0.05) is 28.5 Å². The molecule has 0 aliphatic carbocycles. The molecule has 0 saturated heterocycles. The highest BCUT2D eigenvalue weighted by atomic mass is 32.1. The lowest BCUT2D eigenvalue weighted by Gasteiger charge is -2.16. The van der Waals surface area contributed by atoms with Crippen LogP contribution in [-0.2, 0) is 4.74 Å². The third-order valence-corrected chi connectivity index (χ3v) is 6.91. The molecule has 1 aliphatic rings. The van der Waals surface area contributed by atoms with E-state index in [1.807, 2.05) is 42.9 Å². The minimum atomic E-state index is -0.755. The van der Waals surface area contributed by atoms with Gasteiger partial charge in [-0.1, -0.05) is 18.2 Å². The number of hydrogen-bond acceptors (Lipinski definition) is 7. The summed E-state index contributed by atoms with van der Waals surface area (Å²) >= 11 is 1.45. The van der Waals surface area contributed by atoms with Crippen molar-refractivity contribution in [3.05, 3.63) is 99.3 Å². The second kappa shape index (κ2) is 9.01. The van der Waals surface area contributed by atoms with Gasteiger partial charge in [0.1, 0.15) is 0 Å². The van der Waals surface area contributed by atoms with E-state index in [1.54, 1.807) is 24.4 Å². The number of aryl methyl sites for hydroxylation is 2. The summed E-state index contributed by atoms with van der Waals surface area (Å²) in [5.41, 5.74) is 3.69. The molecule has 1 aliphatic heterocycles. The number of imide groups is 1. The zero-order chi connectivity index (χ0) is 25.6. The van der Waals surface area contributed by atoms with E-state index in [2.05, 4.69) is 4.98 Å². The van der Waals surface area contributed by atoms with Gasteiger partial charge < -0.3 is 4.74 Å². The molecule has 0 atom stereocenters. The highest BCUT2D eigenvalue weighted by Crippen LogP contribution is 2.31. The van der Waals surface area contributed by atoms with E-state index in [9.17, 15) is 19.2 Å². The summed E-state index contributed by atoms with van der Waals surface area (Å²) in [6, 6.07) is 13.0. The van der Waals surface area contributed by atoms with Crippen LogP contribution in [0.1, 0.15) is 58.4 Å². The quantitative estimate of drug-likeness (QED) is 0.217. The van der Waals surface area contributed by atoms with E-state index >= 15 is 0 Å². The summed E-state index contributed by atoms with van der Waals surface area (Å²) in [4.78, 5) is 56.9. The molecule has 0 saturated carbocycles. The van der Waals surface area contributed by atoms with Gasteiger partial charge in [-0.3, -0.25) is 19.0 Å². The van der Waals surface area contributed by atoms with Crippen LogP contribution in [0.5, 0.6) is 0 Å². The van der Waals surface area contributed by atoms with Gasteiger partial charge in [0.25, 0.3) is 11.8 Å². The Hall–Kier alpha value is -4.37. The normalized spacial score (nSPS) is 12.7.